The summed E-state index contributed by atoms with van der Waals surface area (Å²) >= 11 is 0. The Morgan fingerprint density at radius 3 is 2.15 bits per heavy atom. The third-order valence-corrected chi connectivity index (χ3v) is 8.45. The lowest BCUT2D eigenvalue weighted by atomic mass is 10.1. The van der Waals surface area contributed by atoms with E-state index in [0.29, 0.717) is 24.4 Å². The minimum absolute atomic E-state index is 0.0782. The highest BCUT2D eigenvalue weighted by Gasteiger charge is 2.33. The van der Waals surface area contributed by atoms with E-state index < -0.39 is 28.5 Å². The number of aryl methyl sites for hydroxylation is 1. The molecular formula is C31H39N3O5S. The molecule has 0 aliphatic rings. The normalized spacial score (nSPS) is 11.9. The molecule has 0 bridgehead atoms. The number of anilines is 1. The summed E-state index contributed by atoms with van der Waals surface area (Å²) in [4.78, 5) is 28.8. The number of nitrogens with zero attached hydrogens (tertiary/aromatic N) is 2. The molecule has 0 saturated carbocycles. The number of benzene rings is 3. The molecular weight excluding hydrogens is 526 g/mol. The Morgan fingerprint density at radius 2 is 1.57 bits per heavy atom. The van der Waals surface area contributed by atoms with Crippen LogP contribution in [0.2, 0.25) is 0 Å². The smallest absolute Gasteiger partial charge is 0.264 e. The molecule has 0 aliphatic carbocycles. The number of nitrogens with one attached hydrogen (secondary N) is 1. The van der Waals surface area contributed by atoms with Gasteiger partial charge in [-0.25, -0.2) is 8.42 Å². The van der Waals surface area contributed by atoms with Gasteiger partial charge in [-0.3, -0.25) is 13.9 Å². The molecule has 0 fully saturated rings. The van der Waals surface area contributed by atoms with Crippen LogP contribution in [-0.4, -0.2) is 51.4 Å². The van der Waals surface area contributed by atoms with Crippen molar-refractivity contribution < 1.29 is 22.7 Å². The molecule has 1 N–H and O–H groups in total. The third-order valence-electron chi connectivity index (χ3n) is 6.66. The van der Waals surface area contributed by atoms with Gasteiger partial charge in [0.25, 0.3) is 10.0 Å². The van der Waals surface area contributed by atoms with E-state index in [0.717, 1.165) is 28.3 Å². The number of carbonyl (C=O) groups is 2. The molecule has 9 heteroatoms. The van der Waals surface area contributed by atoms with E-state index >= 15 is 0 Å². The van der Waals surface area contributed by atoms with Crippen molar-refractivity contribution in [2.24, 2.45) is 0 Å². The first-order chi connectivity index (χ1) is 19.2. The molecule has 2 amide bonds. The lowest BCUT2D eigenvalue weighted by molar-refractivity contribution is -0.140. The molecule has 0 aliphatic heterocycles. The second-order valence-electron chi connectivity index (χ2n) is 9.60. The fraction of sp³-hybridized carbons (Fsp3) is 0.355. The maximum Gasteiger partial charge on any atom is 0.264 e. The van der Waals surface area contributed by atoms with Gasteiger partial charge in [0.2, 0.25) is 11.8 Å². The van der Waals surface area contributed by atoms with Crippen molar-refractivity contribution in [2.45, 2.75) is 57.5 Å². The van der Waals surface area contributed by atoms with Gasteiger partial charge in [0, 0.05) is 13.1 Å². The van der Waals surface area contributed by atoms with Crippen molar-refractivity contribution >= 4 is 27.5 Å². The van der Waals surface area contributed by atoms with Crippen LogP contribution in [0.15, 0.2) is 83.8 Å². The number of methoxy groups -OCH3 is 1. The predicted molar refractivity (Wildman–Crippen MR) is 158 cm³/mol. The molecule has 3 rings (SSSR count). The molecule has 3 aromatic carbocycles. The van der Waals surface area contributed by atoms with Gasteiger partial charge in [-0.2, -0.15) is 0 Å². The first-order valence-electron chi connectivity index (χ1n) is 13.6. The Bertz CT molecular complexity index is 1340. The number of unbranched alkanes of at least 4 members (excludes halogenated alkanes) is 1. The van der Waals surface area contributed by atoms with Crippen LogP contribution in [0.3, 0.4) is 0 Å². The highest BCUT2D eigenvalue weighted by atomic mass is 32.2. The van der Waals surface area contributed by atoms with Gasteiger partial charge in [0.1, 0.15) is 18.3 Å². The molecule has 0 aromatic heterocycles. The summed E-state index contributed by atoms with van der Waals surface area (Å²) in [6.45, 7) is 5.97. The van der Waals surface area contributed by atoms with Gasteiger partial charge in [-0.15, -0.1) is 0 Å². The average Bonchev–Trinajstić information content (AvgIpc) is 2.97. The summed E-state index contributed by atoms with van der Waals surface area (Å²) in [5, 5.41) is 2.94. The quantitative estimate of drug-likeness (QED) is 0.280. The van der Waals surface area contributed by atoms with Crippen LogP contribution in [-0.2, 0) is 26.2 Å². The maximum atomic E-state index is 14.0. The summed E-state index contributed by atoms with van der Waals surface area (Å²) in [6, 6.07) is 21.5. The molecule has 214 valence electrons. The fourth-order valence-corrected chi connectivity index (χ4v) is 5.75. The second-order valence-corrected chi connectivity index (χ2v) is 11.5. The van der Waals surface area contributed by atoms with Crippen molar-refractivity contribution in [2.75, 3.05) is 24.5 Å². The van der Waals surface area contributed by atoms with Crippen LogP contribution in [0.5, 0.6) is 5.75 Å². The summed E-state index contributed by atoms with van der Waals surface area (Å²) in [5.74, 6) is -0.0653. The van der Waals surface area contributed by atoms with Crippen LogP contribution < -0.4 is 14.4 Å². The molecule has 3 aromatic rings. The fourth-order valence-electron chi connectivity index (χ4n) is 4.31. The Morgan fingerprint density at radius 1 is 0.925 bits per heavy atom. The average molecular weight is 566 g/mol. The Labute approximate surface area is 238 Å². The maximum absolute atomic E-state index is 14.0. The van der Waals surface area contributed by atoms with E-state index in [9.17, 15) is 18.0 Å². The van der Waals surface area contributed by atoms with Gasteiger partial charge in [0.05, 0.1) is 17.7 Å². The predicted octanol–water partition coefficient (Wildman–Crippen LogP) is 4.92. The van der Waals surface area contributed by atoms with Crippen LogP contribution in [0.25, 0.3) is 0 Å². The lowest BCUT2D eigenvalue weighted by Gasteiger charge is -2.33. The van der Waals surface area contributed by atoms with Gasteiger partial charge in [-0.05, 0) is 61.7 Å². The molecule has 0 saturated heterocycles. The minimum Gasteiger partial charge on any atom is -0.497 e. The summed E-state index contributed by atoms with van der Waals surface area (Å²) in [5.41, 5.74) is 2.12. The SMILES string of the molecule is CCCCNC(=O)C(CC)N(Cc1ccc(OC)cc1)C(=O)CN(c1ccc(C)cc1)S(=O)(=O)c1ccccc1. The molecule has 8 nitrogen and oxygen atoms in total. The van der Waals surface area contributed by atoms with E-state index in [1.165, 1.54) is 17.0 Å². The highest BCUT2D eigenvalue weighted by Crippen LogP contribution is 2.25. The zero-order chi connectivity index (χ0) is 29.1. The van der Waals surface area contributed by atoms with E-state index in [4.69, 9.17) is 4.74 Å². The van der Waals surface area contributed by atoms with Gasteiger partial charge >= 0.3 is 0 Å². The number of hydrogen-bond acceptors (Lipinski definition) is 5. The number of ether oxygens (including phenoxy) is 1. The Balaban J connectivity index is 2.01. The minimum atomic E-state index is -4.08. The van der Waals surface area contributed by atoms with Gasteiger partial charge in [0.15, 0.2) is 0 Å². The van der Waals surface area contributed by atoms with E-state index in [1.807, 2.05) is 32.9 Å². The van der Waals surface area contributed by atoms with E-state index in [-0.39, 0.29) is 17.3 Å². The van der Waals surface area contributed by atoms with Crippen molar-refractivity contribution in [1.29, 1.82) is 0 Å². The number of carbonyl (C=O) groups excluding carboxylic acids is 2. The van der Waals surface area contributed by atoms with Crippen molar-refractivity contribution in [3.63, 3.8) is 0 Å². The molecule has 0 heterocycles. The first kappa shape index (κ1) is 30.7. The second kappa shape index (κ2) is 14.5. The molecule has 40 heavy (non-hydrogen) atoms. The van der Waals surface area contributed by atoms with Crippen LogP contribution in [0, 0.1) is 6.92 Å². The van der Waals surface area contributed by atoms with E-state index in [2.05, 4.69) is 5.32 Å². The monoisotopic (exact) mass is 565 g/mol. The zero-order valence-corrected chi connectivity index (χ0v) is 24.5. The highest BCUT2D eigenvalue weighted by molar-refractivity contribution is 7.92. The Kier molecular flexibility index (Phi) is 11.1. The first-order valence-corrected chi connectivity index (χ1v) is 15.0. The lowest BCUT2D eigenvalue weighted by Crippen LogP contribution is -2.52. The Hall–Kier alpha value is -3.85. The summed E-state index contributed by atoms with van der Waals surface area (Å²) in [6.07, 6.45) is 2.12. The number of amides is 2. The topological polar surface area (TPSA) is 96.0 Å². The van der Waals surface area contributed by atoms with Gasteiger partial charge in [-0.1, -0.05) is 68.3 Å². The third kappa shape index (κ3) is 7.85. The molecule has 1 unspecified atom stereocenters. The largest absolute Gasteiger partial charge is 0.497 e. The van der Waals surface area contributed by atoms with Crippen LogP contribution >= 0.6 is 0 Å². The van der Waals surface area contributed by atoms with Gasteiger partial charge < -0.3 is 15.0 Å². The number of hydrogen-bond donors (Lipinski definition) is 1. The van der Waals surface area contributed by atoms with Crippen molar-refractivity contribution in [1.82, 2.24) is 10.2 Å². The summed E-state index contributed by atoms with van der Waals surface area (Å²) < 4.78 is 34.0. The number of sulfonamides is 1. The van der Waals surface area contributed by atoms with Crippen molar-refractivity contribution in [3.05, 3.63) is 90.0 Å². The zero-order valence-electron chi connectivity index (χ0n) is 23.7. The molecule has 0 spiro atoms. The number of rotatable bonds is 14. The standard InChI is InChI=1S/C31H39N3O5S/c1-5-7-21-32-31(36)29(6-2)33(22-25-15-19-27(39-4)20-16-25)30(35)23-34(26-17-13-24(3)14-18-26)40(37,38)28-11-9-8-10-12-28/h8-20,29H,5-7,21-23H2,1-4H3,(H,32,36). The van der Waals surface area contributed by atoms with Crippen molar-refractivity contribution in [3.8, 4) is 5.75 Å². The van der Waals surface area contributed by atoms with Crippen LogP contribution in [0.4, 0.5) is 5.69 Å². The molecule has 1 atom stereocenters. The van der Waals surface area contributed by atoms with Crippen LogP contribution in [0.1, 0.15) is 44.2 Å². The molecule has 0 radical (unpaired) electrons. The van der Waals surface area contributed by atoms with E-state index in [1.54, 1.807) is 61.7 Å². The summed E-state index contributed by atoms with van der Waals surface area (Å²) in [7, 11) is -2.50.